The lowest BCUT2D eigenvalue weighted by Gasteiger charge is -2.08. The minimum Gasteiger partial charge on any atom is -0.266 e. The highest BCUT2D eigenvalue weighted by molar-refractivity contribution is 6.31. The number of alkyl halides is 1. The van der Waals surface area contributed by atoms with Crippen LogP contribution in [0.2, 0.25) is 5.02 Å². The van der Waals surface area contributed by atoms with Crippen LogP contribution >= 0.6 is 23.2 Å². The molecule has 6 heteroatoms. The Hall–Kier alpha value is -1.000. The van der Waals surface area contributed by atoms with Crippen LogP contribution in [0.3, 0.4) is 0 Å². The van der Waals surface area contributed by atoms with E-state index in [1.54, 1.807) is 0 Å². The molecule has 0 atom stereocenters. The molecule has 0 aliphatic heterocycles. The van der Waals surface area contributed by atoms with Crippen LogP contribution in [0.15, 0.2) is 0 Å². The van der Waals surface area contributed by atoms with Crippen LogP contribution in [0.25, 0.3) is 0 Å². The van der Waals surface area contributed by atoms with Crippen molar-refractivity contribution in [3.63, 3.8) is 0 Å². The van der Waals surface area contributed by atoms with Gasteiger partial charge in [-0.3, -0.25) is 9.36 Å². The Labute approximate surface area is 123 Å². The lowest BCUT2D eigenvalue weighted by atomic mass is 10.2. The highest BCUT2D eigenvalue weighted by Gasteiger charge is 2.16. The number of hydrogen-bond donors (Lipinski definition) is 0. The fourth-order valence-corrected chi connectivity index (χ4v) is 2.83. The van der Waals surface area contributed by atoms with Gasteiger partial charge in [0.25, 0.3) is 0 Å². The third-order valence-corrected chi connectivity index (χ3v) is 4.18. The van der Waals surface area contributed by atoms with E-state index >= 15 is 0 Å². The summed E-state index contributed by atoms with van der Waals surface area (Å²) in [5.74, 6) is 0.484. The minimum atomic E-state index is 0.484. The quantitative estimate of drug-likeness (QED) is 0.811. The largest absolute Gasteiger partial charge is 0.266 e. The molecule has 4 nitrogen and oxygen atoms in total. The number of rotatable bonds is 4. The smallest absolute Gasteiger partial charge is 0.0866 e. The first-order valence-corrected chi connectivity index (χ1v) is 7.21. The fourth-order valence-electron chi connectivity index (χ4n) is 2.24. The summed E-state index contributed by atoms with van der Waals surface area (Å²) < 4.78 is 3.87. The zero-order chi connectivity index (χ0) is 14.2. The monoisotopic (exact) mass is 300 g/mol. The van der Waals surface area contributed by atoms with Gasteiger partial charge in [-0.2, -0.15) is 10.2 Å². The summed E-state index contributed by atoms with van der Waals surface area (Å²) in [5.41, 5.74) is 5.01. The van der Waals surface area contributed by atoms with E-state index in [4.69, 9.17) is 23.2 Å². The van der Waals surface area contributed by atoms with Gasteiger partial charge in [-0.05, 0) is 27.7 Å². The van der Waals surface area contributed by atoms with Gasteiger partial charge in [0, 0.05) is 17.8 Å². The fraction of sp³-hybridized carbons (Fsp3) is 0.538. The molecule has 0 aliphatic carbocycles. The van der Waals surface area contributed by atoms with Gasteiger partial charge in [-0.25, -0.2) is 0 Å². The Morgan fingerprint density at radius 2 is 1.68 bits per heavy atom. The SMILES string of the molecule is CCn1nc(C)c(Cl)c1Cn1nc(C)c(CCl)c1C. The van der Waals surface area contributed by atoms with Crippen molar-refractivity contribution in [1.82, 2.24) is 19.6 Å². The molecule has 2 rings (SSSR count). The molecule has 0 N–H and O–H groups in total. The van der Waals surface area contributed by atoms with Crippen LogP contribution in [0.4, 0.5) is 0 Å². The maximum absolute atomic E-state index is 6.32. The van der Waals surface area contributed by atoms with Crippen LogP contribution in [-0.2, 0) is 19.0 Å². The van der Waals surface area contributed by atoms with Crippen molar-refractivity contribution in [2.24, 2.45) is 0 Å². The second kappa shape index (κ2) is 5.55. The lowest BCUT2D eigenvalue weighted by molar-refractivity contribution is 0.566. The second-order valence-corrected chi connectivity index (χ2v) is 5.25. The predicted molar refractivity (Wildman–Crippen MR) is 78.0 cm³/mol. The van der Waals surface area contributed by atoms with Crippen LogP contribution in [-0.4, -0.2) is 19.6 Å². The molecule has 0 saturated heterocycles. The average molecular weight is 301 g/mol. The lowest BCUT2D eigenvalue weighted by Crippen LogP contribution is -2.10. The van der Waals surface area contributed by atoms with Crippen molar-refractivity contribution in [2.75, 3.05) is 0 Å². The molecule has 0 aromatic carbocycles. The summed E-state index contributed by atoms with van der Waals surface area (Å²) in [7, 11) is 0. The molecule has 0 aliphatic rings. The van der Waals surface area contributed by atoms with Crippen molar-refractivity contribution in [3.8, 4) is 0 Å². The summed E-state index contributed by atoms with van der Waals surface area (Å²) in [6.07, 6.45) is 0. The highest BCUT2D eigenvalue weighted by atomic mass is 35.5. The van der Waals surface area contributed by atoms with Gasteiger partial charge in [0.1, 0.15) is 0 Å². The standard InChI is InChI=1S/C13H18Cl2N4/c1-5-18-12(13(15)9(3)17-18)7-19-10(4)11(6-14)8(2)16-19/h5-7H2,1-4H3. The summed E-state index contributed by atoms with van der Waals surface area (Å²) in [4.78, 5) is 0. The Morgan fingerprint density at radius 1 is 1.05 bits per heavy atom. The predicted octanol–water partition coefficient (Wildman–Crippen LogP) is 3.47. The Morgan fingerprint density at radius 3 is 2.21 bits per heavy atom. The zero-order valence-corrected chi connectivity index (χ0v) is 13.2. The molecular weight excluding hydrogens is 283 g/mol. The van der Waals surface area contributed by atoms with E-state index in [1.807, 2.05) is 30.1 Å². The topological polar surface area (TPSA) is 35.6 Å². The zero-order valence-electron chi connectivity index (χ0n) is 11.7. The number of aryl methyl sites for hydroxylation is 3. The van der Waals surface area contributed by atoms with Gasteiger partial charge in [0.15, 0.2) is 0 Å². The molecule has 2 heterocycles. The Kier molecular flexibility index (Phi) is 4.21. The van der Waals surface area contributed by atoms with Crippen molar-refractivity contribution < 1.29 is 0 Å². The molecule has 0 fully saturated rings. The molecule has 2 aromatic rings. The molecule has 0 spiro atoms. The summed E-state index contributed by atoms with van der Waals surface area (Å²) in [5, 5.41) is 9.68. The Bertz CT molecular complexity index is 598. The molecule has 0 bridgehead atoms. The van der Waals surface area contributed by atoms with Gasteiger partial charge >= 0.3 is 0 Å². The van der Waals surface area contributed by atoms with E-state index in [0.717, 1.165) is 39.9 Å². The van der Waals surface area contributed by atoms with E-state index < -0.39 is 0 Å². The first-order chi connectivity index (χ1) is 8.99. The first-order valence-electron chi connectivity index (χ1n) is 6.30. The molecule has 104 valence electrons. The molecule has 19 heavy (non-hydrogen) atoms. The third kappa shape index (κ3) is 2.51. The molecule has 0 unspecified atom stereocenters. The molecule has 0 radical (unpaired) electrons. The number of aromatic nitrogens is 4. The number of halogens is 2. The van der Waals surface area contributed by atoms with Crippen molar-refractivity contribution in [1.29, 1.82) is 0 Å². The van der Waals surface area contributed by atoms with Crippen molar-refractivity contribution in [2.45, 2.75) is 46.7 Å². The van der Waals surface area contributed by atoms with E-state index in [0.29, 0.717) is 12.4 Å². The highest BCUT2D eigenvalue weighted by Crippen LogP contribution is 2.23. The Balaban J connectivity index is 2.42. The minimum absolute atomic E-state index is 0.484. The van der Waals surface area contributed by atoms with E-state index in [9.17, 15) is 0 Å². The van der Waals surface area contributed by atoms with Crippen LogP contribution in [0.1, 0.15) is 35.3 Å². The van der Waals surface area contributed by atoms with Crippen LogP contribution in [0.5, 0.6) is 0 Å². The molecule has 0 saturated carbocycles. The van der Waals surface area contributed by atoms with E-state index in [-0.39, 0.29) is 0 Å². The third-order valence-electron chi connectivity index (χ3n) is 3.42. The maximum Gasteiger partial charge on any atom is 0.0866 e. The molecular formula is C13H18Cl2N4. The van der Waals surface area contributed by atoms with Gasteiger partial charge in [-0.15, -0.1) is 11.6 Å². The van der Waals surface area contributed by atoms with Crippen LogP contribution in [0, 0.1) is 20.8 Å². The van der Waals surface area contributed by atoms with E-state index in [2.05, 4.69) is 17.1 Å². The second-order valence-electron chi connectivity index (χ2n) is 4.60. The van der Waals surface area contributed by atoms with Gasteiger partial charge < -0.3 is 0 Å². The number of nitrogens with zero attached hydrogens (tertiary/aromatic N) is 4. The molecule has 2 aromatic heterocycles. The average Bonchev–Trinajstić information content (AvgIpc) is 2.80. The van der Waals surface area contributed by atoms with Crippen molar-refractivity contribution in [3.05, 3.63) is 33.4 Å². The van der Waals surface area contributed by atoms with Gasteiger partial charge in [0.2, 0.25) is 0 Å². The van der Waals surface area contributed by atoms with Crippen molar-refractivity contribution >= 4 is 23.2 Å². The first kappa shape index (κ1) is 14.4. The summed E-state index contributed by atoms with van der Waals surface area (Å²) in [6, 6.07) is 0. The number of hydrogen-bond acceptors (Lipinski definition) is 2. The van der Waals surface area contributed by atoms with Gasteiger partial charge in [0.05, 0.1) is 34.5 Å². The maximum atomic E-state index is 6.32. The van der Waals surface area contributed by atoms with Gasteiger partial charge in [-0.1, -0.05) is 11.6 Å². The van der Waals surface area contributed by atoms with Crippen LogP contribution < -0.4 is 0 Å². The molecule has 0 amide bonds. The summed E-state index contributed by atoms with van der Waals surface area (Å²) >= 11 is 12.3. The normalized spacial score (nSPS) is 11.3. The summed E-state index contributed by atoms with van der Waals surface area (Å²) in [6.45, 7) is 9.40. The van der Waals surface area contributed by atoms with E-state index in [1.165, 1.54) is 0 Å².